The van der Waals surface area contributed by atoms with Gasteiger partial charge in [-0.3, -0.25) is 0 Å². The van der Waals surface area contributed by atoms with Gasteiger partial charge < -0.3 is 10.6 Å². The van der Waals surface area contributed by atoms with E-state index in [0.717, 1.165) is 6.42 Å². The molecule has 0 unspecified atom stereocenters. The van der Waals surface area contributed by atoms with Crippen molar-refractivity contribution < 1.29 is 4.79 Å². The number of amides is 2. The molecule has 0 aromatic rings. The van der Waals surface area contributed by atoms with E-state index in [-0.39, 0.29) is 6.03 Å². The molecule has 0 aromatic heterocycles. The van der Waals surface area contributed by atoms with E-state index in [4.69, 9.17) is 0 Å². The van der Waals surface area contributed by atoms with E-state index in [1.807, 2.05) is 0 Å². The molecule has 1 saturated heterocycles. The lowest BCUT2D eigenvalue weighted by Crippen LogP contribution is -2.39. The second-order valence-electron chi connectivity index (χ2n) is 1.31. The summed E-state index contributed by atoms with van der Waals surface area (Å²) in [5.74, 6) is 0. The van der Waals surface area contributed by atoms with Gasteiger partial charge in [-0.25, -0.2) is 4.79 Å². The predicted molar refractivity (Wildman–Crippen MR) is 24.4 cm³/mol. The Kier molecular flexibility index (Phi) is 1.15. The van der Waals surface area contributed by atoms with E-state index >= 15 is 0 Å². The Morgan fingerprint density at radius 3 is 2.86 bits per heavy atom. The Balaban J connectivity index is 2.25. The molecule has 0 saturated carbocycles. The summed E-state index contributed by atoms with van der Waals surface area (Å²) in [6.07, 6.45) is 0.797. The van der Waals surface area contributed by atoms with Crippen LogP contribution in [-0.4, -0.2) is 12.6 Å². The zero-order valence-electron chi connectivity index (χ0n) is 3.82. The average molecular weight is 98.1 g/mol. The molecule has 0 bridgehead atoms. The lowest BCUT2D eigenvalue weighted by molar-refractivity contribution is 0.239. The van der Waals surface area contributed by atoms with Crippen molar-refractivity contribution in [1.29, 1.82) is 0 Å². The van der Waals surface area contributed by atoms with Crippen molar-refractivity contribution in [2.24, 2.45) is 0 Å². The molecule has 2 radical (unpaired) electrons. The lowest BCUT2D eigenvalue weighted by atomic mass is 10.4. The third-order valence-electron chi connectivity index (χ3n) is 0.737. The maximum Gasteiger partial charge on any atom is 0.315 e. The summed E-state index contributed by atoms with van der Waals surface area (Å²) in [7, 11) is 0. The van der Waals surface area contributed by atoms with Crippen LogP contribution in [0.3, 0.4) is 0 Å². The van der Waals surface area contributed by atoms with Gasteiger partial charge in [0.15, 0.2) is 0 Å². The van der Waals surface area contributed by atoms with Gasteiger partial charge in [-0.15, -0.1) is 0 Å². The summed E-state index contributed by atoms with van der Waals surface area (Å²) >= 11 is 0. The van der Waals surface area contributed by atoms with Crippen LogP contribution in [0.1, 0.15) is 6.42 Å². The van der Waals surface area contributed by atoms with Crippen LogP contribution in [0.15, 0.2) is 0 Å². The first-order valence-corrected chi connectivity index (χ1v) is 2.16. The molecular formula is C4H6N2O. The van der Waals surface area contributed by atoms with Gasteiger partial charge in [0.1, 0.15) is 0 Å². The molecule has 0 atom stereocenters. The molecule has 1 heterocycles. The second kappa shape index (κ2) is 1.82. The standard InChI is InChI=1S/C4H6N2O/c7-4-5-2-1-3-6-4/h1-2H2,(H2,5,6,7). The van der Waals surface area contributed by atoms with E-state index in [1.165, 1.54) is 0 Å². The molecule has 1 aliphatic heterocycles. The molecule has 1 rings (SSSR count). The fraction of sp³-hybridized carbons (Fsp3) is 0.500. The van der Waals surface area contributed by atoms with Gasteiger partial charge in [0, 0.05) is 6.54 Å². The van der Waals surface area contributed by atoms with Crippen molar-refractivity contribution in [1.82, 2.24) is 10.6 Å². The highest BCUT2D eigenvalue weighted by molar-refractivity contribution is 5.75. The molecule has 2 amide bonds. The Labute approximate surface area is 42.1 Å². The Hall–Kier alpha value is -0.730. The van der Waals surface area contributed by atoms with Crippen LogP contribution in [0.5, 0.6) is 0 Å². The normalized spacial score (nSPS) is 20.3. The lowest BCUT2D eigenvalue weighted by Gasteiger charge is -2.10. The van der Waals surface area contributed by atoms with Crippen LogP contribution in [0.2, 0.25) is 0 Å². The summed E-state index contributed by atoms with van der Waals surface area (Å²) < 4.78 is 0. The minimum absolute atomic E-state index is 0.147. The summed E-state index contributed by atoms with van der Waals surface area (Å²) in [6.45, 7) is 3.39. The average Bonchev–Trinajstić information content (AvgIpc) is 1.69. The Bertz CT molecular complexity index is 73.8. The number of carbonyl (C=O) groups excluding carboxylic acids is 1. The molecule has 38 valence electrons. The van der Waals surface area contributed by atoms with E-state index in [9.17, 15) is 4.79 Å². The second-order valence-corrected chi connectivity index (χ2v) is 1.31. The number of carbonyl (C=O) groups is 1. The van der Waals surface area contributed by atoms with E-state index in [2.05, 4.69) is 17.2 Å². The largest absolute Gasteiger partial charge is 0.338 e. The van der Waals surface area contributed by atoms with Gasteiger partial charge in [0.25, 0.3) is 0 Å². The van der Waals surface area contributed by atoms with Crippen molar-refractivity contribution in [2.75, 3.05) is 6.54 Å². The third-order valence-corrected chi connectivity index (χ3v) is 0.737. The number of hydrogen-bond acceptors (Lipinski definition) is 1. The van der Waals surface area contributed by atoms with Crippen LogP contribution in [0, 0.1) is 6.54 Å². The molecule has 0 aromatic carbocycles. The molecule has 1 aliphatic rings. The minimum Gasteiger partial charge on any atom is -0.338 e. The van der Waals surface area contributed by atoms with Crippen molar-refractivity contribution in [3.8, 4) is 0 Å². The van der Waals surface area contributed by atoms with Crippen molar-refractivity contribution in [3.05, 3.63) is 6.54 Å². The van der Waals surface area contributed by atoms with Gasteiger partial charge in [0.05, 0.1) is 6.54 Å². The van der Waals surface area contributed by atoms with Crippen LogP contribution < -0.4 is 10.6 Å². The highest BCUT2D eigenvalue weighted by Crippen LogP contribution is 1.84. The summed E-state index contributed by atoms with van der Waals surface area (Å²) in [5.41, 5.74) is 0. The highest BCUT2D eigenvalue weighted by atomic mass is 16.2. The highest BCUT2D eigenvalue weighted by Gasteiger charge is 2.03. The van der Waals surface area contributed by atoms with Crippen molar-refractivity contribution in [3.63, 3.8) is 0 Å². The van der Waals surface area contributed by atoms with Gasteiger partial charge in [-0.05, 0) is 6.42 Å². The summed E-state index contributed by atoms with van der Waals surface area (Å²) in [5, 5.41) is 4.95. The molecular weight excluding hydrogens is 92.1 g/mol. The first-order valence-electron chi connectivity index (χ1n) is 2.16. The van der Waals surface area contributed by atoms with Crippen LogP contribution >= 0.6 is 0 Å². The maximum absolute atomic E-state index is 10.2. The van der Waals surface area contributed by atoms with Gasteiger partial charge >= 0.3 is 6.03 Å². The third kappa shape index (κ3) is 1.07. The first kappa shape index (κ1) is 4.43. The van der Waals surface area contributed by atoms with E-state index in [0.29, 0.717) is 6.54 Å². The monoisotopic (exact) mass is 98.0 g/mol. The zero-order valence-corrected chi connectivity index (χ0v) is 3.82. The van der Waals surface area contributed by atoms with Crippen LogP contribution in [0.25, 0.3) is 0 Å². The fourth-order valence-electron chi connectivity index (χ4n) is 0.426. The number of nitrogens with one attached hydrogen (secondary N) is 2. The van der Waals surface area contributed by atoms with E-state index in [1.54, 1.807) is 0 Å². The molecule has 3 heteroatoms. The molecule has 3 nitrogen and oxygen atoms in total. The van der Waals surface area contributed by atoms with Gasteiger partial charge in [0.2, 0.25) is 0 Å². The zero-order chi connectivity index (χ0) is 5.11. The van der Waals surface area contributed by atoms with Gasteiger partial charge in [-0.1, -0.05) is 0 Å². The number of rotatable bonds is 0. The summed E-state index contributed by atoms with van der Waals surface area (Å²) in [4.78, 5) is 10.2. The predicted octanol–water partition coefficient (Wildman–Crippen LogP) is -0.272. The molecule has 0 spiro atoms. The smallest absolute Gasteiger partial charge is 0.315 e. The maximum atomic E-state index is 10.2. The van der Waals surface area contributed by atoms with Crippen LogP contribution in [0.4, 0.5) is 4.79 Å². The minimum atomic E-state index is -0.147. The SMILES string of the molecule is O=C1N[C]CCN1. The van der Waals surface area contributed by atoms with Crippen LogP contribution in [-0.2, 0) is 0 Å². The summed E-state index contributed by atoms with van der Waals surface area (Å²) in [6, 6.07) is -0.147. The van der Waals surface area contributed by atoms with Gasteiger partial charge in [-0.2, -0.15) is 0 Å². The topological polar surface area (TPSA) is 41.1 Å². The van der Waals surface area contributed by atoms with E-state index < -0.39 is 0 Å². The Morgan fingerprint density at radius 1 is 1.71 bits per heavy atom. The molecule has 1 fully saturated rings. The quantitative estimate of drug-likeness (QED) is 0.430. The molecule has 2 N–H and O–H groups in total. The molecule has 0 aliphatic carbocycles. The van der Waals surface area contributed by atoms with Crippen molar-refractivity contribution >= 4 is 6.03 Å². The number of hydrogen-bond donors (Lipinski definition) is 2. The molecule has 7 heavy (non-hydrogen) atoms. The fourth-order valence-corrected chi connectivity index (χ4v) is 0.426. The Morgan fingerprint density at radius 2 is 2.57 bits per heavy atom. The number of urea groups is 1. The van der Waals surface area contributed by atoms with Crippen molar-refractivity contribution in [2.45, 2.75) is 6.42 Å². The first-order chi connectivity index (χ1) is 3.39.